The number of nitrogens with two attached hydrogens (primary N) is 1. The molecule has 0 unspecified atom stereocenters. The topological polar surface area (TPSA) is 72.9 Å². The van der Waals surface area contributed by atoms with Gasteiger partial charge in [-0.1, -0.05) is 6.42 Å². The van der Waals surface area contributed by atoms with Crippen LogP contribution in [-0.4, -0.2) is 15.5 Å². The Kier molecular flexibility index (Phi) is 4.75. The quantitative estimate of drug-likeness (QED) is 0.346. The van der Waals surface area contributed by atoms with Crippen molar-refractivity contribution in [1.82, 2.24) is 15.0 Å². The van der Waals surface area contributed by atoms with Crippen molar-refractivity contribution in [1.29, 1.82) is 0 Å². The molecular weight excluding hydrogens is 228 g/mol. The van der Waals surface area contributed by atoms with Gasteiger partial charge < -0.3 is 4.57 Å². The zero-order valence-electron chi connectivity index (χ0n) is 10.8. The molecule has 0 saturated carbocycles. The van der Waals surface area contributed by atoms with Crippen LogP contribution in [0.1, 0.15) is 49.9 Å². The zero-order chi connectivity index (χ0) is 12.8. The number of amides is 1. The summed E-state index contributed by atoms with van der Waals surface area (Å²) in [6.07, 6.45) is 10.4. The summed E-state index contributed by atoms with van der Waals surface area (Å²) in [5.74, 6) is 4.95. The van der Waals surface area contributed by atoms with E-state index in [0.717, 1.165) is 32.2 Å². The summed E-state index contributed by atoms with van der Waals surface area (Å²) >= 11 is 0. The van der Waals surface area contributed by atoms with Gasteiger partial charge in [-0.2, -0.15) is 0 Å². The molecule has 100 valence electrons. The lowest BCUT2D eigenvalue weighted by Gasteiger charge is -2.13. The molecule has 5 heteroatoms. The first-order chi connectivity index (χ1) is 8.81. The highest BCUT2D eigenvalue weighted by molar-refractivity contribution is 5.74. The molecule has 0 bridgehead atoms. The number of nitrogens with one attached hydrogen (secondary N) is 1. The number of hydrogen-bond acceptors (Lipinski definition) is 3. The molecule has 0 saturated heterocycles. The highest BCUT2D eigenvalue weighted by Crippen LogP contribution is 2.20. The fourth-order valence-electron chi connectivity index (χ4n) is 2.54. The van der Waals surface area contributed by atoms with Gasteiger partial charge in [0.1, 0.15) is 0 Å². The van der Waals surface area contributed by atoms with Crippen LogP contribution < -0.4 is 11.3 Å². The van der Waals surface area contributed by atoms with Crippen molar-refractivity contribution in [3.63, 3.8) is 0 Å². The second-order valence-corrected chi connectivity index (χ2v) is 4.92. The molecule has 0 aliphatic heterocycles. The number of carbonyl (C=O) groups excluding carboxylic acids is 1. The lowest BCUT2D eigenvalue weighted by atomic mass is 10.0. The van der Waals surface area contributed by atoms with E-state index in [-0.39, 0.29) is 5.91 Å². The average Bonchev–Trinajstić information content (AvgIpc) is 2.81. The van der Waals surface area contributed by atoms with Crippen molar-refractivity contribution in [3.8, 4) is 0 Å². The number of aryl methyl sites for hydroxylation is 2. The van der Waals surface area contributed by atoms with E-state index < -0.39 is 0 Å². The first kappa shape index (κ1) is 13.1. The Morgan fingerprint density at radius 3 is 3.00 bits per heavy atom. The smallest absolute Gasteiger partial charge is 0.233 e. The molecule has 0 fully saturated rings. The van der Waals surface area contributed by atoms with E-state index in [4.69, 9.17) is 5.84 Å². The van der Waals surface area contributed by atoms with Gasteiger partial charge in [0, 0.05) is 18.7 Å². The van der Waals surface area contributed by atoms with Gasteiger partial charge in [0.25, 0.3) is 0 Å². The minimum Gasteiger partial charge on any atom is -0.334 e. The molecule has 1 aromatic heterocycles. The second kappa shape index (κ2) is 6.54. The van der Waals surface area contributed by atoms with Crippen LogP contribution >= 0.6 is 0 Å². The van der Waals surface area contributed by atoms with Gasteiger partial charge in [-0.15, -0.1) is 0 Å². The maximum Gasteiger partial charge on any atom is 0.233 e. The fourth-order valence-corrected chi connectivity index (χ4v) is 2.54. The van der Waals surface area contributed by atoms with Gasteiger partial charge in [0.2, 0.25) is 5.91 Å². The number of carbonyl (C=O) groups is 1. The fraction of sp³-hybridized carbons (Fsp3) is 0.692. The van der Waals surface area contributed by atoms with E-state index in [9.17, 15) is 4.79 Å². The summed E-state index contributed by atoms with van der Waals surface area (Å²) in [6, 6.07) is 0. The molecule has 3 N–H and O–H groups in total. The third kappa shape index (κ3) is 3.32. The van der Waals surface area contributed by atoms with Gasteiger partial charge in [-0.25, -0.2) is 10.8 Å². The first-order valence-corrected chi connectivity index (χ1v) is 6.83. The summed E-state index contributed by atoms with van der Waals surface area (Å²) in [5.41, 5.74) is 4.88. The Hall–Kier alpha value is -1.36. The molecule has 1 amide bonds. The monoisotopic (exact) mass is 250 g/mol. The highest BCUT2D eigenvalue weighted by Gasteiger charge is 2.14. The van der Waals surface area contributed by atoms with Crippen LogP contribution in [0.4, 0.5) is 0 Å². The third-order valence-corrected chi connectivity index (χ3v) is 3.57. The normalized spacial score (nSPS) is 14.3. The minimum absolute atomic E-state index is 0.0741. The van der Waals surface area contributed by atoms with Crippen molar-refractivity contribution in [2.45, 2.75) is 57.9 Å². The van der Waals surface area contributed by atoms with E-state index in [1.165, 1.54) is 30.7 Å². The third-order valence-electron chi connectivity index (χ3n) is 3.57. The van der Waals surface area contributed by atoms with E-state index in [2.05, 4.69) is 15.0 Å². The SMILES string of the molecule is NNC(=O)CCCCCn1cnc2c1CCCC2. The van der Waals surface area contributed by atoms with Crippen LogP contribution in [-0.2, 0) is 24.2 Å². The summed E-state index contributed by atoms with van der Waals surface area (Å²) < 4.78 is 2.29. The molecule has 1 aliphatic rings. The van der Waals surface area contributed by atoms with Crippen molar-refractivity contribution in [3.05, 3.63) is 17.7 Å². The first-order valence-electron chi connectivity index (χ1n) is 6.83. The van der Waals surface area contributed by atoms with Crippen LogP contribution in [0.25, 0.3) is 0 Å². The summed E-state index contributed by atoms with van der Waals surface area (Å²) in [4.78, 5) is 15.4. The van der Waals surface area contributed by atoms with Gasteiger partial charge in [-0.3, -0.25) is 10.2 Å². The number of imidazole rings is 1. The predicted molar refractivity (Wildman–Crippen MR) is 69.7 cm³/mol. The Morgan fingerprint density at radius 2 is 2.17 bits per heavy atom. The Morgan fingerprint density at radius 1 is 1.33 bits per heavy atom. The Balaban J connectivity index is 1.70. The number of rotatable bonds is 6. The van der Waals surface area contributed by atoms with Crippen LogP contribution in [0.2, 0.25) is 0 Å². The largest absolute Gasteiger partial charge is 0.334 e. The van der Waals surface area contributed by atoms with E-state index in [1.807, 2.05) is 6.33 Å². The lowest BCUT2D eigenvalue weighted by Crippen LogP contribution is -2.29. The molecule has 0 spiro atoms. The zero-order valence-corrected chi connectivity index (χ0v) is 10.8. The van der Waals surface area contributed by atoms with E-state index >= 15 is 0 Å². The summed E-state index contributed by atoms with van der Waals surface area (Å²) in [7, 11) is 0. The molecular formula is C13H22N4O. The molecule has 2 rings (SSSR count). The maximum atomic E-state index is 10.9. The molecule has 18 heavy (non-hydrogen) atoms. The summed E-state index contributed by atoms with van der Waals surface area (Å²) in [6.45, 7) is 1.02. The van der Waals surface area contributed by atoms with E-state index in [1.54, 1.807) is 0 Å². The lowest BCUT2D eigenvalue weighted by molar-refractivity contribution is -0.121. The second-order valence-electron chi connectivity index (χ2n) is 4.92. The number of unbranched alkanes of at least 4 members (excludes halogenated alkanes) is 2. The van der Waals surface area contributed by atoms with Gasteiger partial charge in [0.15, 0.2) is 0 Å². The number of hydrazine groups is 1. The molecule has 0 aromatic carbocycles. The number of fused-ring (bicyclic) bond motifs is 1. The van der Waals surface area contributed by atoms with Crippen LogP contribution in [0.5, 0.6) is 0 Å². The molecule has 1 aromatic rings. The molecule has 0 atom stereocenters. The summed E-state index contributed by atoms with van der Waals surface area (Å²) in [5, 5.41) is 0. The van der Waals surface area contributed by atoms with Crippen LogP contribution in [0.3, 0.4) is 0 Å². The van der Waals surface area contributed by atoms with E-state index in [0.29, 0.717) is 6.42 Å². The Labute approximate surface area is 108 Å². The molecule has 0 radical (unpaired) electrons. The van der Waals surface area contributed by atoms with Gasteiger partial charge in [-0.05, 0) is 38.5 Å². The maximum absolute atomic E-state index is 10.9. The number of aromatic nitrogens is 2. The van der Waals surface area contributed by atoms with Crippen molar-refractivity contribution in [2.24, 2.45) is 5.84 Å². The highest BCUT2D eigenvalue weighted by atomic mass is 16.2. The minimum atomic E-state index is -0.0741. The number of hydrogen-bond donors (Lipinski definition) is 2. The number of nitrogens with zero attached hydrogens (tertiary/aromatic N) is 2. The van der Waals surface area contributed by atoms with Crippen molar-refractivity contribution >= 4 is 5.91 Å². The van der Waals surface area contributed by atoms with Crippen molar-refractivity contribution < 1.29 is 4.79 Å². The van der Waals surface area contributed by atoms with Gasteiger partial charge >= 0.3 is 0 Å². The molecule has 1 heterocycles. The van der Waals surface area contributed by atoms with Crippen molar-refractivity contribution in [2.75, 3.05) is 0 Å². The standard InChI is InChI=1S/C13H22N4O/c14-16-13(18)8-2-1-5-9-17-10-15-11-6-3-4-7-12(11)17/h10H,1-9,14H2,(H,16,18). The van der Waals surface area contributed by atoms with Crippen LogP contribution in [0.15, 0.2) is 6.33 Å². The average molecular weight is 250 g/mol. The molecule has 5 nitrogen and oxygen atoms in total. The molecule has 1 aliphatic carbocycles. The van der Waals surface area contributed by atoms with Crippen LogP contribution in [0, 0.1) is 0 Å². The van der Waals surface area contributed by atoms with Gasteiger partial charge in [0.05, 0.1) is 12.0 Å². The Bertz CT molecular complexity index is 400. The predicted octanol–water partition coefficient (Wildman–Crippen LogP) is 1.31.